The Labute approximate surface area is 153 Å². The molecule has 0 fully saturated rings. The van der Waals surface area contributed by atoms with Crippen LogP contribution in [-0.2, 0) is 17.8 Å². The lowest BCUT2D eigenvalue weighted by molar-refractivity contribution is -0.153. The van der Waals surface area contributed by atoms with E-state index in [2.05, 4.69) is 5.32 Å². The van der Waals surface area contributed by atoms with Crippen molar-refractivity contribution >= 4 is 11.9 Å². The van der Waals surface area contributed by atoms with E-state index < -0.39 is 24.7 Å². The van der Waals surface area contributed by atoms with E-state index in [0.717, 1.165) is 5.56 Å². The minimum atomic E-state index is -4.47. The van der Waals surface area contributed by atoms with Crippen LogP contribution in [0, 0.1) is 6.92 Å². The van der Waals surface area contributed by atoms with Crippen LogP contribution < -0.4 is 10.1 Å². The summed E-state index contributed by atoms with van der Waals surface area (Å²) in [6.45, 7) is 0.247. The van der Waals surface area contributed by atoms with Crippen LogP contribution in [0.5, 0.6) is 5.75 Å². The van der Waals surface area contributed by atoms with Crippen LogP contribution in [0.25, 0.3) is 0 Å². The Kier molecular flexibility index (Phi) is 6.44. The first-order chi connectivity index (χ1) is 12.7. The minimum absolute atomic E-state index is 0.0252. The van der Waals surface area contributed by atoms with E-state index in [-0.39, 0.29) is 24.3 Å². The van der Waals surface area contributed by atoms with Crippen LogP contribution in [0.4, 0.5) is 13.2 Å². The molecule has 2 aromatic rings. The van der Waals surface area contributed by atoms with Crippen LogP contribution in [-0.4, -0.2) is 29.8 Å². The maximum absolute atomic E-state index is 12.4. The number of halogens is 3. The Morgan fingerprint density at radius 1 is 1.11 bits per heavy atom. The molecule has 8 heteroatoms. The van der Waals surface area contributed by atoms with Crippen molar-refractivity contribution in [3.05, 3.63) is 64.7 Å². The Balaban J connectivity index is 2.04. The summed E-state index contributed by atoms with van der Waals surface area (Å²) >= 11 is 0. The van der Waals surface area contributed by atoms with E-state index in [0.29, 0.717) is 11.1 Å². The Morgan fingerprint density at radius 2 is 1.81 bits per heavy atom. The number of benzene rings is 2. The number of hydrogen-bond donors (Lipinski definition) is 2. The third-order valence-corrected chi connectivity index (χ3v) is 3.69. The van der Waals surface area contributed by atoms with Crippen LogP contribution in [0.1, 0.15) is 27.0 Å². The molecule has 2 rings (SSSR count). The van der Waals surface area contributed by atoms with Gasteiger partial charge in [0.2, 0.25) is 5.91 Å². The van der Waals surface area contributed by atoms with E-state index in [1.807, 2.05) is 0 Å². The lowest BCUT2D eigenvalue weighted by Crippen LogP contribution is -2.26. The summed E-state index contributed by atoms with van der Waals surface area (Å²) in [5, 5.41) is 11.7. The van der Waals surface area contributed by atoms with Crippen molar-refractivity contribution in [2.45, 2.75) is 26.1 Å². The Bertz CT molecular complexity index is 834. The summed E-state index contributed by atoms with van der Waals surface area (Å²) < 4.78 is 42.0. The third-order valence-electron chi connectivity index (χ3n) is 3.69. The number of amides is 1. The molecule has 0 aromatic heterocycles. The van der Waals surface area contributed by atoms with Crippen LogP contribution in [0.15, 0.2) is 42.5 Å². The second kappa shape index (κ2) is 8.57. The van der Waals surface area contributed by atoms with Crippen molar-refractivity contribution in [1.82, 2.24) is 5.32 Å². The molecule has 0 bridgehead atoms. The van der Waals surface area contributed by atoms with Crippen molar-refractivity contribution in [3.63, 3.8) is 0 Å². The zero-order valence-electron chi connectivity index (χ0n) is 14.5. The first-order valence-electron chi connectivity index (χ1n) is 8.02. The van der Waals surface area contributed by atoms with Gasteiger partial charge in [-0.05, 0) is 30.2 Å². The highest BCUT2D eigenvalue weighted by atomic mass is 19.4. The maximum atomic E-state index is 12.4. The van der Waals surface area contributed by atoms with Gasteiger partial charge in [0, 0.05) is 12.1 Å². The van der Waals surface area contributed by atoms with Gasteiger partial charge in [0.1, 0.15) is 5.75 Å². The van der Waals surface area contributed by atoms with Crippen LogP contribution in [0.2, 0.25) is 0 Å². The number of rotatable bonds is 7. The molecular weight excluding hydrogens is 363 g/mol. The number of carbonyl (C=O) groups is 2. The summed E-state index contributed by atoms with van der Waals surface area (Å²) in [5.74, 6) is -1.55. The highest BCUT2D eigenvalue weighted by Gasteiger charge is 2.28. The van der Waals surface area contributed by atoms with Gasteiger partial charge in [0.25, 0.3) is 0 Å². The molecule has 144 valence electrons. The second-order valence-corrected chi connectivity index (χ2v) is 5.93. The number of carbonyl (C=O) groups excluding carboxylic acids is 1. The number of aryl methyl sites for hydroxylation is 1. The number of hydrogen-bond acceptors (Lipinski definition) is 3. The molecule has 0 unspecified atom stereocenters. The number of ether oxygens (including phenoxy) is 1. The molecular formula is C19H18F3NO4. The molecule has 0 aliphatic rings. The van der Waals surface area contributed by atoms with Gasteiger partial charge in [0.05, 0.1) is 12.0 Å². The molecule has 0 radical (unpaired) electrons. The predicted octanol–water partition coefficient (Wildman–Crippen LogP) is 3.49. The highest BCUT2D eigenvalue weighted by molar-refractivity contribution is 5.91. The molecule has 27 heavy (non-hydrogen) atoms. The largest absolute Gasteiger partial charge is 0.484 e. The maximum Gasteiger partial charge on any atom is 0.422 e. The summed E-state index contributed by atoms with van der Waals surface area (Å²) in [5.41, 5.74) is 1.49. The molecule has 0 saturated heterocycles. The van der Waals surface area contributed by atoms with Crippen molar-refractivity contribution < 1.29 is 32.6 Å². The molecule has 0 aliphatic heterocycles. The Morgan fingerprint density at radius 3 is 2.48 bits per heavy atom. The van der Waals surface area contributed by atoms with Gasteiger partial charge in [-0.15, -0.1) is 0 Å². The normalized spacial score (nSPS) is 11.1. The number of carboxylic acids is 1. The fourth-order valence-electron chi connectivity index (χ4n) is 2.41. The molecule has 2 aromatic carbocycles. The third kappa shape index (κ3) is 6.32. The fourth-order valence-corrected chi connectivity index (χ4v) is 2.41. The summed E-state index contributed by atoms with van der Waals surface area (Å²) in [4.78, 5) is 23.3. The molecule has 0 heterocycles. The van der Waals surface area contributed by atoms with Gasteiger partial charge in [-0.1, -0.05) is 30.3 Å². The first-order valence-corrected chi connectivity index (χ1v) is 8.02. The quantitative estimate of drug-likeness (QED) is 0.770. The average Bonchev–Trinajstić information content (AvgIpc) is 2.58. The van der Waals surface area contributed by atoms with Crippen LogP contribution >= 0.6 is 0 Å². The van der Waals surface area contributed by atoms with Crippen molar-refractivity contribution in [2.24, 2.45) is 0 Å². The monoisotopic (exact) mass is 381 g/mol. The number of carboxylic acid groups (broad SMARTS) is 1. The van der Waals surface area contributed by atoms with Gasteiger partial charge in [-0.2, -0.15) is 13.2 Å². The Hall–Kier alpha value is -3.03. The van der Waals surface area contributed by atoms with Crippen LogP contribution in [0.3, 0.4) is 0 Å². The molecule has 1 amide bonds. The molecule has 2 N–H and O–H groups in total. The molecule has 0 spiro atoms. The highest BCUT2D eigenvalue weighted by Crippen LogP contribution is 2.23. The average molecular weight is 381 g/mol. The molecule has 0 aliphatic carbocycles. The SMILES string of the molecule is Cc1ccc(CNC(=O)Cc2ccccc2C(=O)O)c(OCC(F)(F)F)c1. The van der Waals surface area contributed by atoms with E-state index >= 15 is 0 Å². The lowest BCUT2D eigenvalue weighted by Gasteiger charge is -2.14. The lowest BCUT2D eigenvalue weighted by atomic mass is 10.0. The number of alkyl halides is 3. The topological polar surface area (TPSA) is 75.6 Å². The number of nitrogens with one attached hydrogen (secondary N) is 1. The zero-order chi connectivity index (χ0) is 20.0. The van der Waals surface area contributed by atoms with Crippen molar-refractivity contribution in [1.29, 1.82) is 0 Å². The standard InChI is InChI=1S/C19H18F3NO4/c1-12-6-7-14(16(8-12)27-11-19(20,21)22)10-23-17(24)9-13-4-2-3-5-15(13)18(25)26/h2-8H,9-11H2,1H3,(H,23,24)(H,25,26). The summed E-state index contributed by atoms with van der Waals surface area (Å²) in [6, 6.07) is 10.8. The van der Waals surface area contributed by atoms with E-state index in [9.17, 15) is 22.8 Å². The van der Waals surface area contributed by atoms with E-state index in [4.69, 9.17) is 9.84 Å². The number of aromatic carboxylic acids is 1. The van der Waals surface area contributed by atoms with Gasteiger partial charge in [-0.3, -0.25) is 4.79 Å². The van der Waals surface area contributed by atoms with Crippen molar-refractivity contribution in [3.8, 4) is 5.75 Å². The van der Waals surface area contributed by atoms with E-state index in [1.54, 1.807) is 31.2 Å². The molecule has 5 nitrogen and oxygen atoms in total. The second-order valence-electron chi connectivity index (χ2n) is 5.93. The molecule has 0 atom stereocenters. The first kappa shape index (κ1) is 20.3. The van der Waals surface area contributed by atoms with Crippen molar-refractivity contribution in [2.75, 3.05) is 6.61 Å². The van der Waals surface area contributed by atoms with Gasteiger partial charge in [0.15, 0.2) is 6.61 Å². The van der Waals surface area contributed by atoms with Gasteiger partial charge in [-0.25, -0.2) is 4.79 Å². The van der Waals surface area contributed by atoms with Gasteiger partial charge >= 0.3 is 12.1 Å². The zero-order valence-corrected chi connectivity index (χ0v) is 14.5. The summed E-state index contributed by atoms with van der Waals surface area (Å²) in [6.07, 6.45) is -4.63. The summed E-state index contributed by atoms with van der Waals surface area (Å²) in [7, 11) is 0. The fraction of sp³-hybridized carbons (Fsp3) is 0.263. The smallest absolute Gasteiger partial charge is 0.422 e. The molecule has 0 saturated carbocycles. The predicted molar refractivity (Wildman–Crippen MR) is 91.7 cm³/mol. The van der Waals surface area contributed by atoms with Gasteiger partial charge < -0.3 is 15.2 Å². The minimum Gasteiger partial charge on any atom is -0.484 e. The van der Waals surface area contributed by atoms with E-state index in [1.165, 1.54) is 18.2 Å².